The van der Waals surface area contributed by atoms with Crippen LogP contribution in [0.2, 0.25) is 0 Å². The number of ketones is 1. The predicted molar refractivity (Wildman–Crippen MR) is 111 cm³/mol. The van der Waals surface area contributed by atoms with Gasteiger partial charge in [0.25, 0.3) is 0 Å². The molecule has 32 heavy (non-hydrogen) atoms. The van der Waals surface area contributed by atoms with Crippen LogP contribution in [0.1, 0.15) is 84.0 Å². The monoisotopic (exact) mass is 442 g/mol. The third-order valence-corrected chi connectivity index (χ3v) is 4.34. The highest BCUT2D eigenvalue weighted by Crippen LogP contribution is 2.20. The van der Waals surface area contributed by atoms with Gasteiger partial charge in [0.1, 0.15) is 0 Å². The third-order valence-electron chi connectivity index (χ3n) is 4.34. The largest absolute Gasteiger partial charge is 0.478 e. The molecule has 2 rings (SSSR count). The number of ether oxygens (including phenoxy) is 2. The molecule has 0 heterocycles. The molecule has 0 saturated carbocycles. The number of carbonyl (C=O) groups is 5. The van der Waals surface area contributed by atoms with Crippen LogP contribution >= 0.6 is 0 Å². The van der Waals surface area contributed by atoms with Crippen LogP contribution in [-0.2, 0) is 9.47 Å². The summed E-state index contributed by atoms with van der Waals surface area (Å²) < 4.78 is 9.96. The lowest BCUT2D eigenvalue weighted by Gasteiger charge is -2.10. The molecule has 0 bridgehead atoms. The maximum absolute atomic E-state index is 12.9. The average molecular weight is 442 g/mol. The first-order valence-electron chi connectivity index (χ1n) is 9.84. The average Bonchev–Trinajstić information content (AvgIpc) is 2.79. The fraction of sp³-hybridized carbons (Fsp3) is 0.261. The number of carboxylic acid groups (broad SMARTS) is 2. The zero-order chi connectivity index (χ0) is 23.8. The molecule has 0 fully saturated rings. The Morgan fingerprint density at radius 2 is 1.09 bits per heavy atom. The summed E-state index contributed by atoms with van der Waals surface area (Å²) in [6, 6.07) is 6.88. The zero-order valence-corrected chi connectivity index (χ0v) is 17.5. The molecule has 0 radical (unpaired) electrons. The topological polar surface area (TPSA) is 144 Å². The first-order chi connectivity index (χ1) is 15.2. The molecule has 9 nitrogen and oxygen atoms in total. The van der Waals surface area contributed by atoms with Gasteiger partial charge in [-0.2, -0.15) is 0 Å². The van der Waals surface area contributed by atoms with E-state index in [4.69, 9.17) is 9.47 Å². The van der Waals surface area contributed by atoms with Gasteiger partial charge in [-0.15, -0.1) is 0 Å². The fourth-order valence-corrected chi connectivity index (χ4v) is 2.79. The minimum absolute atomic E-state index is 0.0453. The van der Waals surface area contributed by atoms with Crippen molar-refractivity contribution in [2.45, 2.75) is 26.7 Å². The normalized spacial score (nSPS) is 10.3. The minimum Gasteiger partial charge on any atom is -0.478 e. The Labute approximate surface area is 183 Å². The molecule has 9 heteroatoms. The lowest BCUT2D eigenvalue weighted by Crippen LogP contribution is -2.15. The maximum atomic E-state index is 12.9. The number of aromatic carboxylic acids is 2. The van der Waals surface area contributed by atoms with Crippen molar-refractivity contribution in [2.24, 2.45) is 0 Å². The van der Waals surface area contributed by atoms with E-state index in [-0.39, 0.29) is 41.0 Å². The summed E-state index contributed by atoms with van der Waals surface area (Å²) in [7, 11) is 0. The van der Waals surface area contributed by atoms with E-state index < -0.39 is 35.2 Å². The molecular weight excluding hydrogens is 420 g/mol. The lowest BCUT2D eigenvalue weighted by atomic mass is 9.95. The number of esters is 2. The number of benzene rings is 2. The smallest absolute Gasteiger partial charge is 0.339 e. The second-order valence-corrected chi connectivity index (χ2v) is 6.73. The number of rotatable bonds is 10. The quantitative estimate of drug-likeness (QED) is 0.417. The Hall–Kier alpha value is -4.01. The highest BCUT2D eigenvalue weighted by atomic mass is 16.5. The van der Waals surface area contributed by atoms with Crippen LogP contribution in [0.25, 0.3) is 0 Å². The van der Waals surface area contributed by atoms with Gasteiger partial charge in [0.15, 0.2) is 5.78 Å². The number of carbonyl (C=O) groups excluding carboxylic acids is 3. The van der Waals surface area contributed by atoms with E-state index in [1.807, 2.05) is 0 Å². The van der Waals surface area contributed by atoms with Gasteiger partial charge >= 0.3 is 23.9 Å². The van der Waals surface area contributed by atoms with Crippen molar-refractivity contribution in [3.05, 3.63) is 69.8 Å². The van der Waals surface area contributed by atoms with Crippen LogP contribution in [0, 0.1) is 0 Å². The molecule has 0 aliphatic rings. The highest BCUT2D eigenvalue weighted by molar-refractivity contribution is 6.13. The summed E-state index contributed by atoms with van der Waals surface area (Å²) in [5, 5.41) is 18.8. The SMILES string of the molecule is CCCOC(=O)c1ccc(C(=O)c2ccc(C(=O)O)c(C(=O)OCCC)c2)cc1C(=O)O. The predicted octanol–water partition coefficient (Wildman–Crippen LogP) is 3.45. The van der Waals surface area contributed by atoms with Gasteiger partial charge in [-0.1, -0.05) is 26.0 Å². The van der Waals surface area contributed by atoms with Crippen molar-refractivity contribution in [3.63, 3.8) is 0 Å². The molecule has 0 spiro atoms. The Bertz CT molecular complexity index is 1070. The Balaban J connectivity index is 2.47. The van der Waals surface area contributed by atoms with Gasteiger partial charge in [-0.3, -0.25) is 4.79 Å². The van der Waals surface area contributed by atoms with Crippen LogP contribution in [0.5, 0.6) is 0 Å². The van der Waals surface area contributed by atoms with Crippen LogP contribution in [0.15, 0.2) is 36.4 Å². The van der Waals surface area contributed by atoms with Gasteiger partial charge in [0.05, 0.1) is 35.5 Å². The second kappa shape index (κ2) is 10.9. The molecule has 0 atom stereocenters. The summed E-state index contributed by atoms with van der Waals surface area (Å²) in [5.41, 5.74) is -1.35. The third kappa shape index (κ3) is 5.57. The molecule has 0 aliphatic carbocycles. The van der Waals surface area contributed by atoms with Crippen molar-refractivity contribution >= 4 is 29.7 Å². The maximum Gasteiger partial charge on any atom is 0.339 e. The number of hydrogen-bond acceptors (Lipinski definition) is 7. The minimum atomic E-state index is -1.42. The molecule has 2 aromatic rings. The van der Waals surface area contributed by atoms with E-state index in [1.165, 1.54) is 18.2 Å². The summed E-state index contributed by atoms with van der Waals surface area (Å²) >= 11 is 0. The van der Waals surface area contributed by atoms with Gasteiger partial charge in [0, 0.05) is 11.1 Å². The molecule has 0 aromatic heterocycles. The van der Waals surface area contributed by atoms with Crippen molar-refractivity contribution in [1.82, 2.24) is 0 Å². The molecule has 0 unspecified atom stereocenters. The molecule has 0 saturated heterocycles. The summed E-state index contributed by atoms with van der Waals surface area (Å²) in [6.07, 6.45) is 1.08. The van der Waals surface area contributed by atoms with E-state index >= 15 is 0 Å². The van der Waals surface area contributed by atoms with Crippen LogP contribution in [0.4, 0.5) is 0 Å². The van der Waals surface area contributed by atoms with E-state index in [1.54, 1.807) is 13.8 Å². The van der Waals surface area contributed by atoms with Crippen LogP contribution < -0.4 is 0 Å². The number of carboxylic acids is 2. The molecule has 2 aromatic carbocycles. The van der Waals surface area contributed by atoms with Crippen molar-refractivity contribution in [2.75, 3.05) is 13.2 Å². The Kier molecular flexibility index (Phi) is 8.23. The molecule has 168 valence electrons. The molecular formula is C23H22O9. The highest BCUT2D eigenvalue weighted by Gasteiger charge is 2.23. The lowest BCUT2D eigenvalue weighted by molar-refractivity contribution is 0.0489. The van der Waals surface area contributed by atoms with Gasteiger partial charge in [-0.05, 0) is 37.1 Å². The standard InChI is InChI=1S/C23H22O9/c1-3-9-31-22(29)16-8-6-13(11-17(16)21(27)28)19(24)14-5-7-15(20(25)26)18(12-14)23(30)32-10-4-2/h5-8,11-12H,3-4,9-10H2,1-2H3,(H,25,26)(H,27,28). The van der Waals surface area contributed by atoms with Crippen molar-refractivity contribution < 1.29 is 43.7 Å². The van der Waals surface area contributed by atoms with E-state index in [9.17, 15) is 34.2 Å². The van der Waals surface area contributed by atoms with Crippen molar-refractivity contribution in [3.8, 4) is 0 Å². The van der Waals surface area contributed by atoms with E-state index in [2.05, 4.69) is 0 Å². The van der Waals surface area contributed by atoms with Crippen molar-refractivity contribution in [1.29, 1.82) is 0 Å². The van der Waals surface area contributed by atoms with E-state index in [0.29, 0.717) is 12.8 Å². The van der Waals surface area contributed by atoms with Crippen LogP contribution in [0.3, 0.4) is 0 Å². The summed E-state index contributed by atoms with van der Waals surface area (Å²) in [4.78, 5) is 60.4. The van der Waals surface area contributed by atoms with Gasteiger partial charge in [0.2, 0.25) is 0 Å². The summed E-state index contributed by atoms with van der Waals surface area (Å²) in [5.74, 6) is -5.17. The molecule has 0 aliphatic heterocycles. The summed E-state index contributed by atoms with van der Waals surface area (Å²) in [6.45, 7) is 3.75. The first kappa shape index (κ1) is 24.3. The number of hydrogen-bond donors (Lipinski definition) is 2. The second-order valence-electron chi connectivity index (χ2n) is 6.73. The molecule has 0 amide bonds. The molecule has 2 N–H and O–H groups in total. The Morgan fingerprint density at radius 3 is 1.56 bits per heavy atom. The van der Waals surface area contributed by atoms with Gasteiger partial charge < -0.3 is 19.7 Å². The van der Waals surface area contributed by atoms with E-state index in [0.717, 1.165) is 18.2 Å². The zero-order valence-electron chi connectivity index (χ0n) is 17.5. The first-order valence-corrected chi connectivity index (χ1v) is 9.84. The van der Waals surface area contributed by atoms with Crippen LogP contribution in [-0.4, -0.2) is 53.1 Å². The van der Waals surface area contributed by atoms with Gasteiger partial charge in [-0.25, -0.2) is 19.2 Å². The Morgan fingerprint density at radius 1 is 0.656 bits per heavy atom. The fourth-order valence-electron chi connectivity index (χ4n) is 2.79.